The lowest BCUT2D eigenvalue weighted by Crippen LogP contribution is -2.36. The average molecular weight is 276 g/mol. The number of anilines is 1. The first-order valence-corrected chi connectivity index (χ1v) is 7.55. The van der Waals surface area contributed by atoms with Gasteiger partial charge in [0.05, 0.1) is 18.3 Å². The van der Waals surface area contributed by atoms with Crippen LogP contribution >= 0.6 is 0 Å². The van der Waals surface area contributed by atoms with Gasteiger partial charge in [-0.25, -0.2) is 0 Å². The third-order valence-corrected chi connectivity index (χ3v) is 4.38. The molecule has 1 aromatic rings. The van der Waals surface area contributed by atoms with Crippen molar-refractivity contribution >= 4 is 5.69 Å². The molecule has 0 saturated carbocycles. The molecule has 110 valence electrons. The predicted octanol–water partition coefficient (Wildman–Crippen LogP) is 1.94. The second kappa shape index (κ2) is 5.62. The fourth-order valence-electron chi connectivity index (χ4n) is 3.27. The van der Waals surface area contributed by atoms with E-state index in [1.165, 1.54) is 0 Å². The number of nitrogens with one attached hydrogen (secondary N) is 1. The minimum absolute atomic E-state index is 0.214. The quantitative estimate of drug-likeness (QED) is 0.866. The Kier molecular flexibility index (Phi) is 3.85. The molecular weight excluding hydrogens is 252 g/mol. The minimum Gasteiger partial charge on any atom is -0.487 e. The molecule has 0 spiro atoms. The molecular formula is C16H24N2O2. The largest absolute Gasteiger partial charge is 0.487 e. The van der Waals surface area contributed by atoms with Gasteiger partial charge in [0.25, 0.3) is 0 Å². The highest BCUT2D eigenvalue weighted by Gasteiger charge is 2.26. The van der Waals surface area contributed by atoms with E-state index in [-0.39, 0.29) is 12.2 Å². The number of hydrogen-bond acceptors (Lipinski definition) is 4. The Morgan fingerprint density at radius 3 is 3.05 bits per heavy atom. The molecule has 2 aliphatic rings. The Hall–Kier alpha value is -1.26. The van der Waals surface area contributed by atoms with Crippen LogP contribution in [0.3, 0.4) is 0 Å². The molecule has 2 N–H and O–H groups in total. The van der Waals surface area contributed by atoms with Gasteiger partial charge in [-0.2, -0.15) is 0 Å². The second-order valence-electron chi connectivity index (χ2n) is 6.09. The van der Waals surface area contributed by atoms with Gasteiger partial charge >= 0.3 is 0 Å². The fraction of sp³-hybridized carbons (Fsp3) is 0.625. The Morgan fingerprint density at radius 1 is 1.45 bits per heavy atom. The van der Waals surface area contributed by atoms with Crippen LogP contribution in [0, 0.1) is 5.92 Å². The zero-order valence-electron chi connectivity index (χ0n) is 12.3. The van der Waals surface area contributed by atoms with Crippen molar-refractivity contribution in [2.75, 3.05) is 31.6 Å². The number of benzene rings is 1. The second-order valence-corrected chi connectivity index (χ2v) is 6.09. The van der Waals surface area contributed by atoms with Crippen molar-refractivity contribution in [3.05, 3.63) is 23.8 Å². The van der Waals surface area contributed by atoms with E-state index in [1.54, 1.807) is 0 Å². The Balaban J connectivity index is 1.82. The molecule has 0 bridgehead atoms. The molecule has 4 heteroatoms. The Morgan fingerprint density at radius 2 is 2.30 bits per heavy atom. The molecule has 0 aromatic heterocycles. The highest BCUT2D eigenvalue weighted by molar-refractivity contribution is 5.61. The normalized spacial score (nSPS) is 27.6. The van der Waals surface area contributed by atoms with Crippen LogP contribution in [0.2, 0.25) is 0 Å². The number of nitrogens with zero attached hydrogens (tertiary/aromatic N) is 1. The molecule has 2 aliphatic heterocycles. The summed E-state index contributed by atoms with van der Waals surface area (Å²) in [7, 11) is 2.08. The van der Waals surface area contributed by atoms with E-state index in [0.717, 1.165) is 49.5 Å². The molecule has 0 amide bonds. The number of likely N-dealkylation sites (N-methyl/N-ethyl adjacent to an activating group) is 1. The molecule has 20 heavy (non-hydrogen) atoms. The lowest BCUT2D eigenvalue weighted by atomic mass is 9.89. The Labute approximate surface area is 120 Å². The SMILES string of the molecule is CC1CN(C)c2cc(C(O)C3CCCNC3)ccc2O1. The van der Waals surface area contributed by atoms with Gasteiger partial charge in [0, 0.05) is 19.5 Å². The number of hydrogen-bond donors (Lipinski definition) is 2. The lowest BCUT2D eigenvalue weighted by molar-refractivity contribution is 0.0920. The van der Waals surface area contributed by atoms with Crippen molar-refractivity contribution in [2.45, 2.75) is 32.0 Å². The van der Waals surface area contributed by atoms with E-state index >= 15 is 0 Å². The van der Waals surface area contributed by atoms with Gasteiger partial charge in [0.1, 0.15) is 11.9 Å². The van der Waals surface area contributed by atoms with Gasteiger partial charge in [-0.3, -0.25) is 0 Å². The maximum Gasteiger partial charge on any atom is 0.143 e. The first-order chi connectivity index (χ1) is 9.65. The van der Waals surface area contributed by atoms with Gasteiger partial charge in [0.2, 0.25) is 0 Å². The van der Waals surface area contributed by atoms with Crippen molar-refractivity contribution in [2.24, 2.45) is 5.92 Å². The van der Waals surface area contributed by atoms with Crippen molar-refractivity contribution in [3.8, 4) is 5.75 Å². The summed E-state index contributed by atoms with van der Waals surface area (Å²) in [4.78, 5) is 2.21. The molecule has 1 saturated heterocycles. The van der Waals surface area contributed by atoms with Crippen molar-refractivity contribution < 1.29 is 9.84 Å². The molecule has 2 heterocycles. The fourth-order valence-corrected chi connectivity index (χ4v) is 3.27. The molecule has 3 atom stereocenters. The molecule has 0 radical (unpaired) electrons. The summed E-state index contributed by atoms with van der Waals surface area (Å²) >= 11 is 0. The first kappa shape index (κ1) is 13.7. The van der Waals surface area contributed by atoms with Crippen molar-refractivity contribution in [3.63, 3.8) is 0 Å². The summed E-state index contributed by atoms with van der Waals surface area (Å²) in [5.74, 6) is 1.24. The number of fused-ring (bicyclic) bond motifs is 1. The molecule has 0 aliphatic carbocycles. The van der Waals surface area contributed by atoms with Crippen LogP contribution in [-0.4, -0.2) is 37.9 Å². The van der Waals surface area contributed by atoms with E-state index in [0.29, 0.717) is 5.92 Å². The molecule has 3 rings (SSSR count). The summed E-state index contributed by atoms with van der Waals surface area (Å²) in [5.41, 5.74) is 2.09. The Bertz CT molecular complexity index is 472. The average Bonchev–Trinajstić information content (AvgIpc) is 2.47. The van der Waals surface area contributed by atoms with Gasteiger partial charge in [-0.15, -0.1) is 0 Å². The van der Waals surface area contributed by atoms with Crippen molar-refractivity contribution in [1.29, 1.82) is 0 Å². The van der Waals surface area contributed by atoms with Gasteiger partial charge in [0.15, 0.2) is 0 Å². The van der Waals surface area contributed by atoms with Crippen molar-refractivity contribution in [1.82, 2.24) is 5.32 Å². The van der Waals surface area contributed by atoms with Crippen LogP contribution in [0.4, 0.5) is 5.69 Å². The summed E-state index contributed by atoms with van der Waals surface area (Å²) in [6, 6.07) is 6.08. The number of aliphatic hydroxyl groups excluding tert-OH is 1. The number of aliphatic hydroxyl groups is 1. The van der Waals surface area contributed by atoms with E-state index in [1.807, 2.05) is 12.1 Å². The summed E-state index contributed by atoms with van der Waals surface area (Å²) in [6.07, 6.45) is 2.06. The van der Waals surface area contributed by atoms with E-state index in [2.05, 4.69) is 30.3 Å². The van der Waals surface area contributed by atoms with E-state index < -0.39 is 0 Å². The maximum absolute atomic E-state index is 10.6. The zero-order valence-corrected chi connectivity index (χ0v) is 12.3. The van der Waals surface area contributed by atoms with Crippen LogP contribution in [-0.2, 0) is 0 Å². The monoisotopic (exact) mass is 276 g/mol. The van der Waals surface area contributed by atoms with Crippen LogP contribution < -0.4 is 15.0 Å². The third-order valence-electron chi connectivity index (χ3n) is 4.38. The van der Waals surface area contributed by atoms with E-state index in [4.69, 9.17) is 4.74 Å². The summed E-state index contributed by atoms with van der Waals surface area (Å²) < 4.78 is 5.85. The third kappa shape index (κ3) is 2.63. The van der Waals surface area contributed by atoms with Crippen LogP contribution in [0.15, 0.2) is 18.2 Å². The van der Waals surface area contributed by atoms with Crippen LogP contribution in [0.1, 0.15) is 31.4 Å². The highest BCUT2D eigenvalue weighted by Crippen LogP contribution is 2.37. The minimum atomic E-state index is -0.388. The van der Waals surface area contributed by atoms with E-state index in [9.17, 15) is 5.11 Å². The molecule has 3 unspecified atom stereocenters. The van der Waals surface area contributed by atoms with Gasteiger partial charge in [-0.1, -0.05) is 6.07 Å². The smallest absolute Gasteiger partial charge is 0.143 e. The van der Waals surface area contributed by atoms with Crippen LogP contribution in [0.5, 0.6) is 5.75 Å². The topological polar surface area (TPSA) is 44.7 Å². The number of ether oxygens (including phenoxy) is 1. The molecule has 1 aromatic carbocycles. The van der Waals surface area contributed by atoms with Gasteiger partial charge < -0.3 is 20.1 Å². The zero-order chi connectivity index (χ0) is 14.1. The highest BCUT2D eigenvalue weighted by atomic mass is 16.5. The van der Waals surface area contributed by atoms with Crippen LogP contribution in [0.25, 0.3) is 0 Å². The summed E-state index contributed by atoms with van der Waals surface area (Å²) in [6.45, 7) is 4.94. The predicted molar refractivity (Wildman–Crippen MR) is 80.4 cm³/mol. The first-order valence-electron chi connectivity index (χ1n) is 7.55. The molecule has 1 fully saturated rings. The van der Waals surface area contributed by atoms with Gasteiger partial charge in [-0.05, 0) is 44.0 Å². The maximum atomic E-state index is 10.6. The number of rotatable bonds is 2. The lowest BCUT2D eigenvalue weighted by Gasteiger charge is -2.33. The summed E-state index contributed by atoms with van der Waals surface area (Å²) in [5, 5.41) is 14.0. The number of piperidine rings is 1. The molecule has 4 nitrogen and oxygen atoms in total. The standard InChI is InChI=1S/C16H24N2O2/c1-11-10-18(2)14-8-12(5-6-15(14)20-11)16(19)13-4-3-7-17-9-13/h5-6,8,11,13,16-17,19H,3-4,7,9-10H2,1-2H3.